The van der Waals surface area contributed by atoms with Crippen LogP contribution < -0.4 is 10.2 Å². The molecule has 31 heavy (non-hydrogen) atoms. The van der Waals surface area contributed by atoms with Crippen LogP contribution in [0.15, 0.2) is 94.6 Å². The molecule has 0 spiro atoms. The third-order valence-corrected chi connectivity index (χ3v) is 4.83. The summed E-state index contributed by atoms with van der Waals surface area (Å²) in [7, 11) is 1.63. The molecule has 156 valence electrons. The largest absolute Gasteiger partial charge is 0.497 e. The molecule has 1 amide bonds. The molecule has 4 aromatic rings. The number of aryl methyl sites for hydroxylation is 1. The molecular formula is C25H23N3O3. The number of aromatic nitrogens is 2. The van der Waals surface area contributed by atoms with Crippen LogP contribution in [0, 0.1) is 0 Å². The lowest BCUT2D eigenvalue weighted by atomic mass is 10.2. The van der Waals surface area contributed by atoms with E-state index < -0.39 is 0 Å². The van der Waals surface area contributed by atoms with Crippen LogP contribution in [-0.2, 0) is 17.8 Å². The standard InChI is InChI=1S/C25H23N3O3/c1-30-21-12-10-20(11-13-21)22-17-26-25(31-22)15-14-24(29)27-23-9-5-6-16-28(23)18-19-7-3-2-4-8-19/h2-13,16-17H,14-15,18H2,1H3. The van der Waals surface area contributed by atoms with Crippen LogP contribution >= 0.6 is 0 Å². The van der Waals surface area contributed by atoms with Crippen LogP contribution in [0.5, 0.6) is 5.75 Å². The summed E-state index contributed by atoms with van der Waals surface area (Å²) >= 11 is 0. The lowest BCUT2D eigenvalue weighted by molar-refractivity contribution is -0.118. The fourth-order valence-corrected chi connectivity index (χ4v) is 3.19. The van der Waals surface area contributed by atoms with Gasteiger partial charge in [-0.15, -0.1) is 0 Å². The summed E-state index contributed by atoms with van der Waals surface area (Å²) < 4.78 is 12.9. The van der Waals surface area contributed by atoms with Crippen LogP contribution in [0.4, 0.5) is 0 Å². The second-order valence-corrected chi connectivity index (χ2v) is 7.02. The van der Waals surface area contributed by atoms with Gasteiger partial charge in [0.15, 0.2) is 11.7 Å². The van der Waals surface area contributed by atoms with Crippen molar-refractivity contribution in [3.05, 3.63) is 102 Å². The third kappa shape index (κ3) is 5.36. The first-order valence-corrected chi connectivity index (χ1v) is 10.1. The number of methoxy groups -OCH3 is 1. The molecule has 4 rings (SSSR count). The Balaban J connectivity index is 1.42. The number of ether oxygens (including phenoxy) is 1. The Labute approximate surface area is 180 Å². The fourth-order valence-electron chi connectivity index (χ4n) is 3.19. The van der Waals surface area contributed by atoms with Crippen molar-refractivity contribution in [2.75, 3.05) is 7.11 Å². The van der Waals surface area contributed by atoms with E-state index in [0.717, 1.165) is 16.9 Å². The minimum absolute atomic E-state index is 0.211. The number of oxazole rings is 1. The highest BCUT2D eigenvalue weighted by molar-refractivity contribution is 5.77. The summed E-state index contributed by atoms with van der Waals surface area (Å²) in [5.41, 5.74) is 2.68. The maximum absolute atomic E-state index is 12.5. The van der Waals surface area contributed by atoms with Gasteiger partial charge in [0, 0.05) is 31.1 Å². The van der Waals surface area contributed by atoms with Gasteiger partial charge in [-0.2, -0.15) is 4.99 Å². The molecule has 0 radical (unpaired) electrons. The minimum atomic E-state index is -0.211. The van der Waals surface area contributed by atoms with Crippen molar-refractivity contribution in [1.29, 1.82) is 0 Å². The molecule has 0 aliphatic rings. The normalized spacial score (nSPS) is 11.5. The van der Waals surface area contributed by atoms with Gasteiger partial charge >= 0.3 is 0 Å². The van der Waals surface area contributed by atoms with Gasteiger partial charge in [-0.05, 0) is 42.0 Å². The van der Waals surface area contributed by atoms with E-state index in [-0.39, 0.29) is 12.3 Å². The highest BCUT2D eigenvalue weighted by atomic mass is 16.5. The second kappa shape index (κ2) is 9.71. The monoisotopic (exact) mass is 413 g/mol. The van der Waals surface area contributed by atoms with Crippen LogP contribution in [0.25, 0.3) is 11.3 Å². The molecule has 6 nitrogen and oxygen atoms in total. The van der Waals surface area contributed by atoms with Gasteiger partial charge in [0.2, 0.25) is 5.91 Å². The third-order valence-electron chi connectivity index (χ3n) is 4.83. The maximum Gasteiger partial charge on any atom is 0.248 e. The van der Waals surface area contributed by atoms with E-state index in [0.29, 0.717) is 30.1 Å². The fraction of sp³-hybridized carbons (Fsp3) is 0.160. The number of carbonyl (C=O) groups excluding carboxylic acids is 1. The van der Waals surface area contributed by atoms with E-state index in [1.165, 1.54) is 0 Å². The summed E-state index contributed by atoms with van der Waals surface area (Å²) in [5.74, 6) is 1.74. The van der Waals surface area contributed by atoms with Gasteiger partial charge in [-0.3, -0.25) is 4.79 Å². The van der Waals surface area contributed by atoms with Crippen molar-refractivity contribution in [2.45, 2.75) is 19.4 Å². The molecule has 0 unspecified atom stereocenters. The number of pyridine rings is 1. The summed E-state index contributed by atoms with van der Waals surface area (Å²) in [6, 6.07) is 23.3. The van der Waals surface area contributed by atoms with Crippen LogP contribution in [0.2, 0.25) is 0 Å². The number of carbonyl (C=O) groups is 1. The van der Waals surface area contributed by atoms with Gasteiger partial charge in [0.05, 0.1) is 13.3 Å². The summed E-state index contributed by atoms with van der Waals surface area (Å²) in [6.07, 6.45) is 4.21. The first-order valence-electron chi connectivity index (χ1n) is 10.1. The Morgan fingerprint density at radius 2 is 1.81 bits per heavy atom. The van der Waals surface area contributed by atoms with E-state index in [2.05, 4.69) is 22.1 Å². The number of benzene rings is 2. The van der Waals surface area contributed by atoms with Crippen LogP contribution in [-0.4, -0.2) is 22.6 Å². The quantitative estimate of drug-likeness (QED) is 0.454. The van der Waals surface area contributed by atoms with Gasteiger partial charge < -0.3 is 13.7 Å². The van der Waals surface area contributed by atoms with E-state index in [4.69, 9.17) is 9.15 Å². The average molecular weight is 413 g/mol. The van der Waals surface area contributed by atoms with Crippen LogP contribution in [0.3, 0.4) is 0 Å². The molecule has 0 N–H and O–H groups in total. The Bertz CT molecular complexity index is 1210. The predicted octanol–water partition coefficient (Wildman–Crippen LogP) is 4.26. The second-order valence-electron chi connectivity index (χ2n) is 7.02. The minimum Gasteiger partial charge on any atom is -0.497 e. The molecule has 0 fully saturated rings. The highest BCUT2D eigenvalue weighted by Gasteiger charge is 2.09. The highest BCUT2D eigenvalue weighted by Crippen LogP contribution is 2.23. The van der Waals surface area contributed by atoms with E-state index in [1.807, 2.05) is 71.4 Å². The molecule has 0 saturated carbocycles. The molecule has 0 atom stereocenters. The molecule has 0 aliphatic heterocycles. The smallest absolute Gasteiger partial charge is 0.248 e. The average Bonchev–Trinajstić information content (AvgIpc) is 3.29. The van der Waals surface area contributed by atoms with Gasteiger partial charge in [0.25, 0.3) is 0 Å². The lowest BCUT2D eigenvalue weighted by Gasteiger charge is -2.07. The van der Waals surface area contributed by atoms with E-state index >= 15 is 0 Å². The summed E-state index contributed by atoms with van der Waals surface area (Å²) in [4.78, 5) is 21.1. The van der Waals surface area contributed by atoms with Gasteiger partial charge in [-0.25, -0.2) is 4.98 Å². The molecule has 0 saturated heterocycles. The molecule has 2 aromatic carbocycles. The summed E-state index contributed by atoms with van der Waals surface area (Å²) in [5, 5.41) is 0. The molecule has 0 aliphatic carbocycles. The molecule has 2 heterocycles. The van der Waals surface area contributed by atoms with Crippen molar-refractivity contribution in [3.63, 3.8) is 0 Å². The number of rotatable bonds is 7. The Morgan fingerprint density at radius 1 is 1.03 bits per heavy atom. The van der Waals surface area contributed by atoms with Crippen molar-refractivity contribution in [1.82, 2.24) is 9.55 Å². The van der Waals surface area contributed by atoms with Crippen molar-refractivity contribution >= 4 is 5.91 Å². The van der Waals surface area contributed by atoms with Gasteiger partial charge in [-0.1, -0.05) is 36.4 Å². The van der Waals surface area contributed by atoms with Crippen molar-refractivity contribution in [2.24, 2.45) is 4.99 Å². The predicted molar refractivity (Wildman–Crippen MR) is 117 cm³/mol. The zero-order valence-corrected chi connectivity index (χ0v) is 17.3. The number of hydrogen-bond acceptors (Lipinski definition) is 4. The van der Waals surface area contributed by atoms with Gasteiger partial charge in [0.1, 0.15) is 11.2 Å². The number of amides is 1. The zero-order chi connectivity index (χ0) is 21.5. The number of hydrogen-bond donors (Lipinski definition) is 0. The molecular weight excluding hydrogens is 390 g/mol. The Hall–Kier alpha value is -3.93. The summed E-state index contributed by atoms with van der Waals surface area (Å²) in [6.45, 7) is 0.652. The van der Waals surface area contributed by atoms with E-state index in [9.17, 15) is 4.79 Å². The van der Waals surface area contributed by atoms with E-state index in [1.54, 1.807) is 13.3 Å². The van der Waals surface area contributed by atoms with Crippen molar-refractivity contribution in [3.8, 4) is 17.1 Å². The molecule has 6 heteroatoms. The molecule has 0 bridgehead atoms. The first-order chi connectivity index (χ1) is 15.2. The number of nitrogens with zero attached hydrogens (tertiary/aromatic N) is 3. The Morgan fingerprint density at radius 3 is 2.58 bits per heavy atom. The zero-order valence-electron chi connectivity index (χ0n) is 17.3. The SMILES string of the molecule is COc1ccc(-c2cnc(CCC(=O)N=c3ccccn3Cc3ccccc3)o2)cc1. The first kappa shape index (κ1) is 20.3. The van der Waals surface area contributed by atoms with Crippen molar-refractivity contribution < 1.29 is 13.9 Å². The van der Waals surface area contributed by atoms with Crippen LogP contribution in [0.1, 0.15) is 17.9 Å². The topological polar surface area (TPSA) is 69.6 Å². The lowest BCUT2D eigenvalue weighted by Crippen LogP contribution is -2.22. The Kier molecular flexibility index (Phi) is 6.38. The molecule has 2 aromatic heterocycles. The maximum atomic E-state index is 12.5.